The van der Waals surface area contributed by atoms with E-state index in [-0.39, 0.29) is 5.41 Å². The monoisotopic (exact) mass is 404 g/mol. The number of fused-ring (bicyclic) bond motifs is 7. The van der Waals surface area contributed by atoms with E-state index < -0.39 is 0 Å². The van der Waals surface area contributed by atoms with Gasteiger partial charge in [-0.3, -0.25) is 0 Å². The molecule has 1 aliphatic carbocycles. The van der Waals surface area contributed by atoms with Crippen LogP contribution in [-0.2, 0) is 5.41 Å². The van der Waals surface area contributed by atoms with Crippen molar-refractivity contribution in [2.24, 2.45) is 0 Å². The van der Waals surface area contributed by atoms with Crippen molar-refractivity contribution in [1.29, 1.82) is 0 Å². The third-order valence-electron chi connectivity index (χ3n) is 6.36. The van der Waals surface area contributed by atoms with Crippen molar-refractivity contribution < 1.29 is 0 Å². The SMILES string of the molecule is CC.CC.CC1(C)c2cc3ccccc3cc2-c2ccc3cc4ccccc4cc3c21. The third-order valence-corrected chi connectivity index (χ3v) is 6.36. The van der Waals surface area contributed by atoms with E-state index in [1.165, 1.54) is 54.6 Å². The van der Waals surface area contributed by atoms with Gasteiger partial charge < -0.3 is 0 Å². The molecule has 6 rings (SSSR count). The maximum atomic E-state index is 2.40. The Kier molecular flexibility index (Phi) is 5.58. The fraction of sp³-hybridized carbons (Fsp3) is 0.226. The highest BCUT2D eigenvalue weighted by molar-refractivity contribution is 6.05. The normalized spacial score (nSPS) is 13.1. The summed E-state index contributed by atoms with van der Waals surface area (Å²) in [6, 6.07) is 31.5. The van der Waals surface area contributed by atoms with Gasteiger partial charge in [-0.25, -0.2) is 0 Å². The molecule has 0 saturated carbocycles. The van der Waals surface area contributed by atoms with E-state index in [4.69, 9.17) is 0 Å². The molecule has 0 radical (unpaired) electrons. The molecule has 0 spiro atoms. The van der Waals surface area contributed by atoms with Gasteiger partial charge in [0.25, 0.3) is 0 Å². The van der Waals surface area contributed by atoms with Crippen molar-refractivity contribution in [3.8, 4) is 11.1 Å². The molecule has 0 fully saturated rings. The van der Waals surface area contributed by atoms with Crippen molar-refractivity contribution in [3.05, 3.63) is 96.1 Å². The standard InChI is InChI=1S/C27H20.2C2H6/c1-27(2)25-16-20-10-6-5-9-19(20)15-24(25)22-12-11-21-13-17-7-3-4-8-18(17)14-23(21)26(22)27;2*1-2/h3-16H,1-2H3;2*1-2H3. The van der Waals surface area contributed by atoms with Gasteiger partial charge in [-0.1, -0.05) is 102 Å². The lowest BCUT2D eigenvalue weighted by molar-refractivity contribution is 0.667. The lowest BCUT2D eigenvalue weighted by Crippen LogP contribution is -2.15. The first kappa shape index (κ1) is 21.1. The number of rotatable bonds is 0. The summed E-state index contributed by atoms with van der Waals surface area (Å²) in [7, 11) is 0. The molecule has 0 saturated heterocycles. The average molecular weight is 405 g/mol. The predicted octanol–water partition coefficient (Wildman–Crippen LogP) is 9.50. The van der Waals surface area contributed by atoms with Gasteiger partial charge in [0.15, 0.2) is 0 Å². The molecule has 0 atom stereocenters. The highest BCUT2D eigenvalue weighted by Crippen LogP contribution is 2.52. The molecule has 0 heteroatoms. The Hall–Kier alpha value is -3.12. The van der Waals surface area contributed by atoms with Gasteiger partial charge in [-0.15, -0.1) is 0 Å². The summed E-state index contributed by atoms with van der Waals surface area (Å²) in [4.78, 5) is 0. The van der Waals surface area contributed by atoms with E-state index in [2.05, 4.69) is 98.8 Å². The van der Waals surface area contributed by atoms with Crippen molar-refractivity contribution in [2.75, 3.05) is 0 Å². The Morgan fingerprint density at radius 3 is 1.61 bits per heavy atom. The second-order valence-corrected chi connectivity index (χ2v) is 8.28. The van der Waals surface area contributed by atoms with Crippen LogP contribution in [0.2, 0.25) is 0 Å². The van der Waals surface area contributed by atoms with Crippen LogP contribution in [0.25, 0.3) is 43.4 Å². The van der Waals surface area contributed by atoms with Crippen LogP contribution >= 0.6 is 0 Å². The van der Waals surface area contributed by atoms with Crippen LogP contribution in [0.4, 0.5) is 0 Å². The van der Waals surface area contributed by atoms with Gasteiger partial charge in [0.1, 0.15) is 0 Å². The first-order valence-corrected chi connectivity index (χ1v) is 11.6. The molecule has 0 heterocycles. The minimum absolute atomic E-state index is 0.00331. The van der Waals surface area contributed by atoms with Crippen LogP contribution in [0.15, 0.2) is 84.9 Å². The van der Waals surface area contributed by atoms with Gasteiger partial charge in [-0.2, -0.15) is 0 Å². The van der Waals surface area contributed by atoms with E-state index in [0.29, 0.717) is 0 Å². The van der Waals surface area contributed by atoms with Gasteiger partial charge in [-0.05, 0) is 78.8 Å². The van der Waals surface area contributed by atoms with Gasteiger partial charge in [0, 0.05) is 5.41 Å². The summed E-state index contributed by atoms with van der Waals surface area (Å²) in [5.41, 5.74) is 5.69. The quantitative estimate of drug-likeness (QED) is 0.225. The van der Waals surface area contributed by atoms with Gasteiger partial charge in [0.2, 0.25) is 0 Å². The summed E-state index contributed by atoms with van der Waals surface area (Å²) in [5.74, 6) is 0. The Labute approximate surface area is 186 Å². The Morgan fingerprint density at radius 1 is 0.484 bits per heavy atom. The molecular weight excluding hydrogens is 372 g/mol. The van der Waals surface area contributed by atoms with Crippen molar-refractivity contribution in [3.63, 3.8) is 0 Å². The summed E-state index contributed by atoms with van der Waals surface area (Å²) in [6.45, 7) is 12.8. The summed E-state index contributed by atoms with van der Waals surface area (Å²) in [5, 5.41) is 7.99. The second-order valence-electron chi connectivity index (χ2n) is 8.28. The van der Waals surface area contributed by atoms with Crippen molar-refractivity contribution in [1.82, 2.24) is 0 Å². The highest BCUT2D eigenvalue weighted by Gasteiger charge is 2.37. The molecular formula is C31H32. The molecule has 1 aliphatic rings. The first-order valence-electron chi connectivity index (χ1n) is 11.6. The van der Waals surface area contributed by atoms with Crippen LogP contribution in [0.3, 0.4) is 0 Å². The fourth-order valence-electron chi connectivity index (χ4n) is 5.03. The van der Waals surface area contributed by atoms with Crippen LogP contribution in [0, 0.1) is 0 Å². The van der Waals surface area contributed by atoms with Crippen LogP contribution < -0.4 is 0 Å². The summed E-state index contributed by atoms with van der Waals surface area (Å²) >= 11 is 0. The lowest BCUT2D eigenvalue weighted by Gasteiger charge is -2.23. The zero-order valence-electron chi connectivity index (χ0n) is 19.6. The average Bonchev–Trinajstić information content (AvgIpc) is 3.05. The number of hydrogen-bond acceptors (Lipinski definition) is 0. The minimum atomic E-state index is -0.00331. The topological polar surface area (TPSA) is 0 Å². The van der Waals surface area contributed by atoms with Crippen LogP contribution in [0.1, 0.15) is 52.7 Å². The van der Waals surface area contributed by atoms with E-state index in [1.54, 1.807) is 0 Å². The molecule has 31 heavy (non-hydrogen) atoms. The Bertz CT molecular complexity index is 1390. The molecule has 0 bridgehead atoms. The number of hydrogen-bond donors (Lipinski definition) is 0. The maximum absolute atomic E-state index is 2.40. The van der Waals surface area contributed by atoms with E-state index in [0.717, 1.165) is 0 Å². The molecule has 0 aromatic heterocycles. The van der Waals surface area contributed by atoms with Crippen LogP contribution in [0.5, 0.6) is 0 Å². The van der Waals surface area contributed by atoms with Gasteiger partial charge in [0.05, 0.1) is 0 Å². The van der Waals surface area contributed by atoms with Gasteiger partial charge >= 0.3 is 0 Å². The Balaban J connectivity index is 0.000000549. The molecule has 156 valence electrons. The summed E-state index contributed by atoms with van der Waals surface area (Å²) < 4.78 is 0. The lowest BCUT2D eigenvalue weighted by atomic mass is 9.79. The summed E-state index contributed by atoms with van der Waals surface area (Å²) in [6.07, 6.45) is 0. The number of benzene rings is 5. The van der Waals surface area contributed by atoms with E-state index in [9.17, 15) is 0 Å². The van der Waals surface area contributed by atoms with Crippen molar-refractivity contribution in [2.45, 2.75) is 47.0 Å². The molecule has 0 aliphatic heterocycles. The molecule has 5 aromatic rings. The van der Waals surface area contributed by atoms with E-state index >= 15 is 0 Å². The van der Waals surface area contributed by atoms with Crippen molar-refractivity contribution >= 4 is 32.3 Å². The molecule has 0 N–H and O–H groups in total. The first-order chi connectivity index (χ1) is 15.1. The predicted molar refractivity (Wildman–Crippen MR) is 139 cm³/mol. The zero-order chi connectivity index (χ0) is 22.2. The molecule has 0 amide bonds. The smallest absolute Gasteiger partial charge is 0.0165 e. The fourth-order valence-corrected chi connectivity index (χ4v) is 5.03. The van der Waals surface area contributed by atoms with Crippen LogP contribution in [-0.4, -0.2) is 0 Å². The van der Waals surface area contributed by atoms with E-state index in [1.807, 2.05) is 27.7 Å². The molecule has 0 nitrogen and oxygen atoms in total. The second kappa shape index (κ2) is 8.19. The molecule has 0 unspecified atom stereocenters. The largest absolute Gasteiger partial charge is 0.0683 e. The third kappa shape index (κ3) is 3.22. The maximum Gasteiger partial charge on any atom is 0.0165 e. The molecule has 5 aromatic carbocycles. The highest BCUT2D eigenvalue weighted by atomic mass is 14.4. The Morgan fingerprint density at radius 2 is 1.00 bits per heavy atom. The minimum Gasteiger partial charge on any atom is -0.0683 e. The zero-order valence-corrected chi connectivity index (χ0v) is 19.6.